The van der Waals surface area contributed by atoms with Gasteiger partial charge in [-0.25, -0.2) is 9.78 Å². The van der Waals surface area contributed by atoms with E-state index in [1.54, 1.807) is 26.2 Å². The summed E-state index contributed by atoms with van der Waals surface area (Å²) in [6.07, 6.45) is 2.04. The summed E-state index contributed by atoms with van der Waals surface area (Å²) >= 11 is 5.63. The van der Waals surface area contributed by atoms with Gasteiger partial charge >= 0.3 is 5.97 Å². The van der Waals surface area contributed by atoms with Gasteiger partial charge in [0.05, 0.1) is 5.56 Å². The normalized spacial score (nSPS) is 9.46. The van der Waals surface area contributed by atoms with Crippen molar-refractivity contribution in [3.8, 4) is 0 Å². The molecule has 0 saturated heterocycles. The highest BCUT2D eigenvalue weighted by Gasteiger charge is 2.11. The molecule has 0 spiro atoms. The van der Waals surface area contributed by atoms with Gasteiger partial charge in [-0.2, -0.15) is 0 Å². The summed E-state index contributed by atoms with van der Waals surface area (Å²) in [5.41, 5.74) is 1.88. The second kappa shape index (κ2) is 11.6. The number of ether oxygens (including phenoxy) is 1. The molecule has 0 saturated carbocycles. The van der Waals surface area contributed by atoms with Crippen LogP contribution in [-0.4, -0.2) is 63.0 Å². The van der Waals surface area contributed by atoms with Gasteiger partial charge in [-0.3, -0.25) is 9.59 Å². The Morgan fingerprint density at radius 1 is 1.11 bits per heavy atom. The lowest BCUT2D eigenvalue weighted by atomic mass is 10.2. The van der Waals surface area contributed by atoms with E-state index in [4.69, 9.17) is 16.3 Å². The SMILES string of the molecule is CN(C)C=O.CN(C)c1ccc(NC(=O)COC(=O)c2ccc(Cl)nc2)cc1. The zero-order valence-electron chi connectivity index (χ0n) is 16.2. The maximum Gasteiger partial charge on any atom is 0.340 e. The minimum absolute atomic E-state index is 0.234. The van der Waals surface area contributed by atoms with E-state index in [9.17, 15) is 14.4 Å². The molecule has 150 valence electrons. The summed E-state index contributed by atoms with van der Waals surface area (Å²) in [4.78, 5) is 40.1. The standard InChI is InChI=1S/C16H16ClN3O3.C3H7NO/c1-20(2)13-6-4-12(5-7-13)19-15(21)10-23-16(22)11-3-8-14(17)18-9-11;1-4(2)3-5/h3-9H,10H2,1-2H3,(H,19,21);3H,1-2H3. The molecule has 28 heavy (non-hydrogen) atoms. The number of anilines is 2. The number of benzene rings is 1. The quantitative estimate of drug-likeness (QED) is 0.449. The zero-order valence-corrected chi connectivity index (χ0v) is 16.9. The number of rotatable bonds is 6. The van der Waals surface area contributed by atoms with E-state index in [-0.39, 0.29) is 17.3 Å². The molecule has 1 aromatic heterocycles. The number of esters is 1. The van der Waals surface area contributed by atoms with E-state index in [1.165, 1.54) is 23.2 Å². The van der Waals surface area contributed by atoms with Crippen molar-refractivity contribution < 1.29 is 19.1 Å². The minimum Gasteiger partial charge on any atom is -0.452 e. The summed E-state index contributed by atoms with van der Waals surface area (Å²) in [5.74, 6) is -1.05. The molecule has 0 fully saturated rings. The van der Waals surface area contributed by atoms with Crippen molar-refractivity contribution in [1.29, 1.82) is 0 Å². The molecule has 8 nitrogen and oxygen atoms in total. The topological polar surface area (TPSA) is 91.8 Å². The second-order valence-corrected chi connectivity index (χ2v) is 6.39. The summed E-state index contributed by atoms with van der Waals surface area (Å²) in [6, 6.07) is 10.3. The molecule has 9 heteroatoms. The van der Waals surface area contributed by atoms with Gasteiger partial charge in [0.2, 0.25) is 6.41 Å². The Hall–Kier alpha value is -3.13. The molecular weight excluding hydrogens is 384 g/mol. The van der Waals surface area contributed by atoms with Crippen LogP contribution in [0, 0.1) is 0 Å². The molecule has 0 aliphatic carbocycles. The number of hydrogen-bond acceptors (Lipinski definition) is 6. The fourth-order valence-corrected chi connectivity index (χ4v) is 1.86. The Kier molecular flexibility index (Phi) is 9.45. The van der Waals surface area contributed by atoms with Crippen LogP contribution >= 0.6 is 11.6 Å². The first-order valence-electron chi connectivity index (χ1n) is 8.20. The van der Waals surface area contributed by atoms with Crippen molar-refractivity contribution in [2.75, 3.05) is 45.0 Å². The molecule has 1 N–H and O–H groups in total. The molecule has 0 bridgehead atoms. The van der Waals surface area contributed by atoms with Crippen molar-refractivity contribution >= 4 is 41.3 Å². The summed E-state index contributed by atoms with van der Waals surface area (Å²) in [5, 5.41) is 2.93. The van der Waals surface area contributed by atoms with E-state index in [0.29, 0.717) is 5.69 Å². The van der Waals surface area contributed by atoms with Crippen molar-refractivity contribution in [3.63, 3.8) is 0 Å². The van der Waals surface area contributed by atoms with Gasteiger partial charge in [0, 0.05) is 45.8 Å². The lowest BCUT2D eigenvalue weighted by Gasteiger charge is -2.13. The van der Waals surface area contributed by atoms with Crippen molar-refractivity contribution in [2.24, 2.45) is 0 Å². The molecule has 2 amide bonds. The number of halogens is 1. The smallest absolute Gasteiger partial charge is 0.340 e. The van der Waals surface area contributed by atoms with Crippen LogP contribution in [0.1, 0.15) is 10.4 Å². The van der Waals surface area contributed by atoms with E-state index < -0.39 is 11.9 Å². The van der Waals surface area contributed by atoms with Crippen LogP contribution in [0.4, 0.5) is 11.4 Å². The molecule has 0 unspecified atom stereocenters. The van der Waals surface area contributed by atoms with Gasteiger partial charge in [-0.1, -0.05) is 11.6 Å². The Morgan fingerprint density at radius 3 is 2.18 bits per heavy atom. The van der Waals surface area contributed by atoms with Crippen LogP contribution < -0.4 is 10.2 Å². The van der Waals surface area contributed by atoms with E-state index >= 15 is 0 Å². The van der Waals surface area contributed by atoms with E-state index in [1.807, 2.05) is 31.1 Å². The summed E-state index contributed by atoms with van der Waals surface area (Å²) in [7, 11) is 7.23. The Morgan fingerprint density at radius 2 is 1.71 bits per heavy atom. The molecule has 1 aromatic carbocycles. The summed E-state index contributed by atoms with van der Waals surface area (Å²) in [6.45, 7) is -0.378. The van der Waals surface area contributed by atoms with Crippen molar-refractivity contribution in [1.82, 2.24) is 9.88 Å². The number of amides is 2. The van der Waals surface area contributed by atoms with Crippen molar-refractivity contribution in [2.45, 2.75) is 0 Å². The van der Waals surface area contributed by atoms with Gasteiger partial charge in [-0.15, -0.1) is 0 Å². The Balaban J connectivity index is 0.000000696. The number of carbonyl (C=O) groups excluding carboxylic acids is 3. The number of pyridine rings is 1. The highest BCUT2D eigenvalue weighted by atomic mass is 35.5. The fourth-order valence-electron chi connectivity index (χ4n) is 1.75. The third kappa shape index (κ3) is 8.50. The van der Waals surface area contributed by atoms with Crippen LogP contribution in [0.25, 0.3) is 0 Å². The Bertz CT molecular complexity index is 778. The van der Waals surface area contributed by atoms with Crippen molar-refractivity contribution in [3.05, 3.63) is 53.3 Å². The van der Waals surface area contributed by atoms with Gasteiger partial charge in [-0.05, 0) is 36.4 Å². The van der Waals surface area contributed by atoms with Gasteiger partial charge in [0.1, 0.15) is 5.15 Å². The molecule has 0 aliphatic heterocycles. The summed E-state index contributed by atoms with van der Waals surface area (Å²) < 4.78 is 4.92. The highest BCUT2D eigenvalue weighted by molar-refractivity contribution is 6.29. The molecule has 2 rings (SSSR count). The van der Waals surface area contributed by atoms with Crippen LogP contribution in [-0.2, 0) is 14.3 Å². The van der Waals surface area contributed by atoms with E-state index in [2.05, 4.69) is 10.3 Å². The number of carbonyl (C=O) groups is 3. The third-order valence-electron chi connectivity index (χ3n) is 3.18. The first kappa shape index (κ1) is 22.9. The number of hydrogen-bond donors (Lipinski definition) is 1. The number of nitrogens with zero attached hydrogens (tertiary/aromatic N) is 3. The second-order valence-electron chi connectivity index (χ2n) is 6.00. The molecule has 0 aliphatic rings. The average molecular weight is 407 g/mol. The van der Waals surface area contributed by atoms with E-state index in [0.717, 1.165) is 12.1 Å². The monoisotopic (exact) mass is 406 g/mol. The molecule has 0 atom stereocenters. The maximum atomic E-state index is 11.8. The van der Waals surface area contributed by atoms with Crippen LogP contribution in [0.2, 0.25) is 5.15 Å². The third-order valence-corrected chi connectivity index (χ3v) is 3.40. The predicted octanol–water partition coefficient (Wildman–Crippen LogP) is 2.30. The van der Waals surface area contributed by atoms with Gasteiger partial charge < -0.3 is 19.9 Å². The molecular formula is C19H23ClN4O4. The number of nitrogens with one attached hydrogen (secondary N) is 1. The minimum atomic E-state index is -0.632. The first-order chi connectivity index (χ1) is 13.2. The molecule has 0 radical (unpaired) electrons. The first-order valence-corrected chi connectivity index (χ1v) is 8.58. The molecule has 2 aromatic rings. The maximum absolute atomic E-state index is 11.8. The largest absolute Gasteiger partial charge is 0.452 e. The van der Waals surface area contributed by atoms with Crippen LogP contribution in [0.5, 0.6) is 0 Å². The molecule has 1 heterocycles. The number of aromatic nitrogens is 1. The zero-order chi connectivity index (χ0) is 21.1. The van der Waals surface area contributed by atoms with Crippen LogP contribution in [0.15, 0.2) is 42.6 Å². The predicted molar refractivity (Wildman–Crippen MR) is 109 cm³/mol. The van der Waals surface area contributed by atoms with Crippen LogP contribution in [0.3, 0.4) is 0 Å². The average Bonchev–Trinajstić information content (AvgIpc) is 2.67. The highest BCUT2D eigenvalue weighted by Crippen LogP contribution is 2.15. The van der Waals surface area contributed by atoms with Gasteiger partial charge in [0.25, 0.3) is 5.91 Å². The fraction of sp³-hybridized carbons (Fsp3) is 0.263. The Labute approximate surface area is 169 Å². The lowest BCUT2D eigenvalue weighted by Crippen LogP contribution is -2.21. The van der Waals surface area contributed by atoms with Gasteiger partial charge in [0.15, 0.2) is 6.61 Å². The lowest BCUT2D eigenvalue weighted by molar-refractivity contribution is -0.119.